The summed E-state index contributed by atoms with van der Waals surface area (Å²) in [7, 11) is 0. The number of thioether (sulfide) groups is 1. The first kappa shape index (κ1) is 11.7. The smallest absolute Gasteiger partial charge is 0.207 e. The second-order valence-electron chi connectivity index (χ2n) is 3.53. The Labute approximate surface area is 103 Å². The van der Waals surface area contributed by atoms with Crippen LogP contribution in [0.25, 0.3) is 11.0 Å². The molecule has 0 N–H and O–H groups in total. The number of furan rings is 1. The standard InChI is InChI=1S/C13H11NO2S/c14-6-3-7-17-9-11(15)13-8-10-4-1-2-5-12(10)16-13/h1-2,4-5,8H,3,7,9H2. The summed E-state index contributed by atoms with van der Waals surface area (Å²) < 4.78 is 5.46. The normalized spacial score (nSPS) is 10.3. The zero-order valence-electron chi connectivity index (χ0n) is 9.18. The number of hydrogen-bond acceptors (Lipinski definition) is 4. The number of nitrogens with zero attached hydrogens (tertiary/aromatic N) is 1. The Balaban J connectivity index is 2.02. The van der Waals surface area contributed by atoms with Crippen LogP contribution in [0.2, 0.25) is 0 Å². The first-order valence-corrected chi connectivity index (χ1v) is 6.43. The maximum Gasteiger partial charge on any atom is 0.207 e. The van der Waals surface area contributed by atoms with Crippen LogP contribution in [0.15, 0.2) is 34.7 Å². The number of hydrogen-bond donors (Lipinski definition) is 0. The van der Waals surface area contributed by atoms with E-state index >= 15 is 0 Å². The van der Waals surface area contributed by atoms with Gasteiger partial charge in [0.05, 0.1) is 11.8 Å². The topological polar surface area (TPSA) is 54.0 Å². The second-order valence-corrected chi connectivity index (χ2v) is 4.64. The average molecular weight is 245 g/mol. The Morgan fingerprint density at radius 3 is 3.00 bits per heavy atom. The molecule has 0 saturated carbocycles. The van der Waals surface area contributed by atoms with Crippen molar-refractivity contribution in [3.63, 3.8) is 0 Å². The van der Waals surface area contributed by atoms with Crippen molar-refractivity contribution in [3.8, 4) is 6.07 Å². The van der Waals surface area contributed by atoms with Crippen molar-refractivity contribution in [3.05, 3.63) is 36.1 Å². The number of Topliss-reactive ketones (excluding diaryl/α,β-unsaturated/α-hetero) is 1. The summed E-state index contributed by atoms with van der Waals surface area (Å²) in [6, 6.07) is 11.4. The summed E-state index contributed by atoms with van der Waals surface area (Å²) in [5.74, 6) is 1.42. The van der Waals surface area contributed by atoms with Crippen LogP contribution in [0.3, 0.4) is 0 Å². The fourth-order valence-electron chi connectivity index (χ4n) is 1.47. The van der Waals surface area contributed by atoms with Gasteiger partial charge in [-0.05, 0) is 12.1 Å². The third-order valence-electron chi connectivity index (χ3n) is 2.29. The number of carbonyl (C=O) groups excluding carboxylic acids is 1. The number of carbonyl (C=O) groups is 1. The van der Waals surface area contributed by atoms with Crippen LogP contribution < -0.4 is 0 Å². The molecule has 3 nitrogen and oxygen atoms in total. The highest BCUT2D eigenvalue weighted by molar-refractivity contribution is 7.99. The molecule has 0 aliphatic carbocycles. The third kappa shape index (κ3) is 2.89. The molecule has 0 atom stereocenters. The molecule has 0 spiro atoms. The van der Waals surface area contributed by atoms with E-state index in [0.29, 0.717) is 23.7 Å². The number of rotatable bonds is 5. The van der Waals surface area contributed by atoms with Gasteiger partial charge in [-0.3, -0.25) is 4.79 Å². The van der Waals surface area contributed by atoms with Gasteiger partial charge in [-0.1, -0.05) is 18.2 Å². The van der Waals surface area contributed by atoms with Gasteiger partial charge in [-0.25, -0.2) is 0 Å². The highest BCUT2D eigenvalue weighted by Crippen LogP contribution is 2.20. The molecule has 0 aliphatic heterocycles. The van der Waals surface area contributed by atoms with Crippen LogP contribution in [-0.2, 0) is 0 Å². The van der Waals surface area contributed by atoms with Crippen LogP contribution >= 0.6 is 11.8 Å². The number of fused-ring (bicyclic) bond motifs is 1. The minimum absolute atomic E-state index is 0.0239. The molecular weight excluding hydrogens is 234 g/mol. The summed E-state index contributed by atoms with van der Waals surface area (Å²) >= 11 is 1.46. The Kier molecular flexibility index (Phi) is 3.84. The molecule has 1 aromatic carbocycles. The number of para-hydroxylation sites is 1. The number of nitriles is 1. The van der Waals surface area contributed by atoms with Crippen LogP contribution in [0.1, 0.15) is 17.0 Å². The Morgan fingerprint density at radius 2 is 2.24 bits per heavy atom. The largest absolute Gasteiger partial charge is 0.453 e. The van der Waals surface area contributed by atoms with E-state index in [4.69, 9.17) is 9.68 Å². The average Bonchev–Trinajstić information content (AvgIpc) is 2.78. The minimum Gasteiger partial charge on any atom is -0.453 e. The molecule has 0 aliphatic rings. The van der Waals surface area contributed by atoms with E-state index < -0.39 is 0 Å². The van der Waals surface area contributed by atoms with Gasteiger partial charge >= 0.3 is 0 Å². The Morgan fingerprint density at radius 1 is 1.41 bits per heavy atom. The van der Waals surface area contributed by atoms with E-state index in [2.05, 4.69) is 0 Å². The van der Waals surface area contributed by atoms with Gasteiger partial charge in [0.15, 0.2) is 5.76 Å². The maximum absolute atomic E-state index is 11.8. The SMILES string of the molecule is N#CCCSCC(=O)c1cc2ccccc2o1. The van der Waals surface area contributed by atoms with E-state index in [1.54, 1.807) is 6.07 Å². The first-order chi connectivity index (χ1) is 8.31. The lowest BCUT2D eigenvalue weighted by atomic mass is 10.2. The van der Waals surface area contributed by atoms with Gasteiger partial charge in [0, 0.05) is 17.6 Å². The molecule has 2 rings (SSSR count). The van der Waals surface area contributed by atoms with Gasteiger partial charge in [-0.15, -0.1) is 0 Å². The van der Waals surface area contributed by atoms with E-state index in [0.717, 1.165) is 11.0 Å². The monoisotopic (exact) mass is 245 g/mol. The predicted octanol–water partition coefficient (Wildman–Crippen LogP) is 3.26. The molecule has 0 bridgehead atoms. The lowest BCUT2D eigenvalue weighted by Crippen LogP contribution is -2.00. The number of ketones is 1. The van der Waals surface area contributed by atoms with Crippen molar-refractivity contribution in [1.82, 2.24) is 0 Å². The van der Waals surface area contributed by atoms with Crippen LogP contribution in [0.5, 0.6) is 0 Å². The molecule has 0 amide bonds. The predicted molar refractivity (Wildman–Crippen MR) is 68.1 cm³/mol. The minimum atomic E-state index is -0.0239. The molecule has 0 radical (unpaired) electrons. The molecular formula is C13H11NO2S. The van der Waals surface area contributed by atoms with Gasteiger partial charge in [-0.2, -0.15) is 17.0 Å². The van der Waals surface area contributed by atoms with E-state index in [1.165, 1.54) is 11.8 Å². The fraction of sp³-hybridized carbons (Fsp3) is 0.231. The van der Waals surface area contributed by atoms with Gasteiger partial charge in [0.25, 0.3) is 0 Å². The molecule has 17 heavy (non-hydrogen) atoms. The number of benzene rings is 1. The Bertz CT molecular complexity index is 535. The highest BCUT2D eigenvalue weighted by Gasteiger charge is 2.11. The fourth-order valence-corrected chi connectivity index (χ4v) is 2.18. The first-order valence-electron chi connectivity index (χ1n) is 5.28. The van der Waals surface area contributed by atoms with E-state index in [-0.39, 0.29) is 5.78 Å². The highest BCUT2D eigenvalue weighted by atomic mass is 32.2. The van der Waals surface area contributed by atoms with Crippen LogP contribution in [0, 0.1) is 11.3 Å². The lowest BCUT2D eigenvalue weighted by molar-refractivity contribution is 0.0994. The van der Waals surface area contributed by atoms with Crippen molar-refractivity contribution in [2.75, 3.05) is 11.5 Å². The quantitative estimate of drug-likeness (QED) is 0.599. The van der Waals surface area contributed by atoms with Crippen LogP contribution in [-0.4, -0.2) is 17.3 Å². The molecule has 1 heterocycles. The van der Waals surface area contributed by atoms with Gasteiger partial charge in [0.2, 0.25) is 5.78 Å². The van der Waals surface area contributed by atoms with Crippen molar-refractivity contribution in [2.24, 2.45) is 0 Å². The third-order valence-corrected chi connectivity index (χ3v) is 3.25. The molecule has 1 aromatic heterocycles. The van der Waals surface area contributed by atoms with Crippen molar-refractivity contribution >= 4 is 28.5 Å². The maximum atomic E-state index is 11.8. The molecule has 2 aromatic rings. The molecule has 0 unspecified atom stereocenters. The van der Waals surface area contributed by atoms with Crippen molar-refractivity contribution in [1.29, 1.82) is 5.26 Å². The van der Waals surface area contributed by atoms with Gasteiger partial charge in [0.1, 0.15) is 5.58 Å². The van der Waals surface area contributed by atoms with Crippen molar-refractivity contribution < 1.29 is 9.21 Å². The molecule has 0 fully saturated rings. The lowest BCUT2D eigenvalue weighted by Gasteiger charge is -1.95. The second kappa shape index (κ2) is 5.55. The summed E-state index contributed by atoms with van der Waals surface area (Å²) in [5.41, 5.74) is 0.734. The summed E-state index contributed by atoms with van der Waals surface area (Å²) in [4.78, 5) is 11.8. The van der Waals surface area contributed by atoms with Crippen molar-refractivity contribution in [2.45, 2.75) is 6.42 Å². The summed E-state index contributed by atoms with van der Waals surface area (Å²) in [5, 5.41) is 9.32. The van der Waals surface area contributed by atoms with E-state index in [1.807, 2.05) is 30.3 Å². The summed E-state index contributed by atoms with van der Waals surface area (Å²) in [6.45, 7) is 0. The molecule has 0 saturated heterocycles. The molecule has 4 heteroatoms. The van der Waals surface area contributed by atoms with E-state index in [9.17, 15) is 4.79 Å². The Hall–Kier alpha value is -1.73. The zero-order chi connectivity index (χ0) is 12.1. The summed E-state index contributed by atoms with van der Waals surface area (Å²) in [6.07, 6.45) is 0.470. The van der Waals surface area contributed by atoms with Crippen LogP contribution in [0.4, 0.5) is 0 Å². The van der Waals surface area contributed by atoms with Gasteiger partial charge < -0.3 is 4.42 Å². The molecule has 86 valence electrons. The zero-order valence-corrected chi connectivity index (χ0v) is 10.00.